The Morgan fingerprint density at radius 1 is 1.29 bits per heavy atom. The Morgan fingerprint density at radius 3 is 2.71 bits per heavy atom. The van der Waals surface area contributed by atoms with E-state index in [0.29, 0.717) is 23.1 Å². The predicted molar refractivity (Wildman–Crippen MR) is 91.6 cm³/mol. The van der Waals surface area contributed by atoms with Crippen molar-refractivity contribution in [3.8, 4) is 0 Å². The first kappa shape index (κ1) is 17.7. The number of carbonyl (C=O) groups is 2. The van der Waals surface area contributed by atoms with Gasteiger partial charge in [0.2, 0.25) is 11.8 Å². The third-order valence-electron chi connectivity index (χ3n) is 3.49. The molecule has 2 N–H and O–H groups in total. The highest BCUT2D eigenvalue weighted by Crippen LogP contribution is 2.07. The van der Waals surface area contributed by atoms with Crippen LogP contribution in [0.3, 0.4) is 0 Å². The number of fused-ring (bicyclic) bond motifs is 1. The molecule has 0 unspecified atom stereocenters. The molecule has 7 heteroatoms. The minimum absolute atomic E-state index is 0.0126. The standard InChI is InChI=1S/C17H22N4O3/c1-11(2)18-15(22)10-21(3)16(23)9-8-14-19-13-7-5-4-6-12(13)17(24)20-14/h4-7,11H,8-10H2,1-3H3,(H,18,22)(H,19,20,24). The highest BCUT2D eigenvalue weighted by molar-refractivity contribution is 5.84. The second-order valence-corrected chi connectivity index (χ2v) is 6.00. The minimum Gasteiger partial charge on any atom is -0.352 e. The average molecular weight is 330 g/mol. The molecule has 0 aliphatic rings. The van der Waals surface area contributed by atoms with Crippen molar-refractivity contribution in [1.29, 1.82) is 0 Å². The Hall–Kier alpha value is -2.70. The molecule has 0 spiro atoms. The van der Waals surface area contributed by atoms with E-state index < -0.39 is 0 Å². The van der Waals surface area contributed by atoms with Crippen LogP contribution in [0.1, 0.15) is 26.1 Å². The van der Waals surface area contributed by atoms with Crippen molar-refractivity contribution in [3.05, 3.63) is 40.4 Å². The van der Waals surface area contributed by atoms with Crippen molar-refractivity contribution in [3.63, 3.8) is 0 Å². The van der Waals surface area contributed by atoms with Gasteiger partial charge in [0.05, 0.1) is 17.4 Å². The summed E-state index contributed by atoms with van der Waals surface area (Å²) in [6, 6.07) is 7.09. The number of benzene rings is 1. The Labute approximate surface area is 140 Å². The number of aromatic amines is 1. The molecule has 0 saturated carbocycles. The number of amides is 2. The van der Waals surface area contributed by atoms with E-state index in [4.69, 9.17) is 0 Å². The summed E-state index contributed by atoms with van der Waals surface area (Å²) in [7, 11) is 1.58. The Balaban J connectivity index is 1.96. The number of nitrogens with one attached hydrogen (secondary N) is 2. The second-order valence-electron chi connectivity index (χ2n) is 6.00. The SMILES string of the molecule is CC(C)NC(=O)CN(C)C(=O)CCc1nc2ccccc2c(=O)[nH]1. The van der Waals surface area contributed by atoms with E-state index in [2.05, 4.69) is 15.3 Å². The summed E-state index contributed by atoms with van der Waals surface area (Å²) in [5.74, 6) is 0.0925. The number of aromatic nitrogens is 2. The number of H-pyrrole nitrogens is 1. The smallest absolute Gasteiger partial charge is 0.258 e. The molecule has 2 rings (SSSR count). The van der Waals surface area contributed by atoms with Crippen molar-refractivity contribution in [2.75, 3.05) is 13.6 Å². The molecule has 1 aromatic heterocycles. The van der Waals surface area contributed by atoms with Crippen LogP contribution in [0, 0.1) is 0 Å². The Bertz CT molecular complexity index is 798. The van der Waals surface area contributed by atoms with Crippen LogP contribution in [0.25, 0.3) is 10.9 Å². The molecule has 0 radical (unpaired) electrons. The molecule has 1 heterocycles. The van der Waals surface area contributed by atoms with Gasteiger partial charge in [-0.25, -0.2) is 4.98 Å². The summed E-state index contributed by atoms with van der Waals surface area (Å²) in [4.78, 5) is 44.2. The molecule has 0 aliphatic carbocycles. The van der Waals surface area contributed by atoms with E-state index in [1.54, 1.807) is 25.2 Å². The number of rotatable bonds is 6. The third kappa shape index (κ3) is 4.65. The molecule has 0 atom stereocenters. The van der Waals surface area contributed by atoms with Gasteiger partial charge in [0.15, 0.2) is 0 Å². The van der Waals surface area contributed by atoms with Crippen molar-refractivity contribution in [1.82, 2.24) is 20.2 Å². The van der Waals surface area contributed by atoms with E-state index in [-0.39, 0.29) is 36.4 Å². The van der Waals surface area contributed by atoms with Gasteiger partial charge in [0.25, 0.3) is 5.56 Å². The van der Waals surface area contributed by atoms with E-state index in [1.165, 1.54) is 4.90 Å². The van der Waals surface area contributed by atoms with Crippen LogP contribution in [0.5, 0.6) is 0 Å². The van der Waals surface area contributed by atoms with Crippen molar-refractivity contribution >= 4 is 22.7 Å². The van der Waals surface area contributed by atoms with Crippen LogP contribution >= 0.6 is 0 Å². The fraction of sp³-hybridized carbons (Fsp3) is 0.412. The Morgan fingerprint density at radius 2 is 2.00 bits per heavy atom. The molecule has 0 bridgehead atoms. The maximum absolute atomic E-state index is 12.1. The van der Waals surface area contributed by atoms with E-state index in [0.717, 1.165) is 0 Å². The van der Waals surface area contributed by atoms with Crippen LogP contribution in [-0.2, 0) is 16.0 Å². The zero-order valence-corrected chi connectivity index (χ0v) is 14.1. The lowest BCUT2D eigenvalue weighted by atomic mass is 10.2. The first-order valence-corrected chi connectivity index (χ1v) is 7.88. The van der Waals surface area contributed by atoms with Gasteiger partial charge in [-0.05, 0) is 26.0 Å². The van der Waals surface area contributed by atoms with Crippen LogP contribution < -0.4 is 10.9 Å². The van der Waals surface area contributed by atoms with Gasteiger partial charge in [-0.3, -0.25) is 14.4 Å². The van der Waals surface area contributed by atoms with Crippen molar-refractivity contribution in [2.45, 2.75) is 32.7 Å². The molecule has 24 heavy (non-hydrogen) atoms. The third-order valence-corrected chi connectivity index (χ3v) is 3.49. The number of nitrogens with zero attached hydrogens (tertiary/aromatic N) is 2. The van der Waals surface area contributed by atoms with Gasteiger partial charge in [0.1, 0.15) is 5.82 Å². The van der Waals surface area contributed by atoms with E-state index in [1.807, 2.05) is 19.9 Å². The second kappa shape index (κ2) is 7.72. The molecule has 128 valence electrons. The zero-order chi connectivity index (χ0) is 17.7. The summed E-state index contributed by atoms with van der Waals surface area (Å²) in [5, 5.41) is 3.26. The van der Waals surface area contributed by atoms with Crippen LogP contribution in [0.2, 0.25) is 0 Å². The lowest BCUT2D eigenvalue weighted by Gasteiger charge is -2.17. The zero-order valence-electron chi connectivity index (χ0n) is 14.1. The quantitative estimate of drug-likeness (QED) is 0.820. The van der Waals surface area contributed by atoms with Gasteiger partial charge in [-0.15, -0.1) is 0 Å². The number of aryl methyl sites for hydroxylation is 1. The molecular weight excluding hydrogens is 308 g/mol. The van der Waals surface area contributed by atoms with Crippen LogP contribution in [0.4, 0.5) is 0 Å². The van der Waals surface area contributed by atoms with E-state index >= 15 is 0 Å². The molecule has 0 saturated heterocycles. The highest BCUT2D eigenvalue weighted by atomic mass is 16.2. The summed E-state index contributed by atoms with van der Waals surface area (Å²) < 4.78 is 0. The first-order valence-electron chi connectivity index (χ1n) is 7.88. The maximum atomic E-state index is 12.1. The fourth-order valence-electron chi connectivity index (χ4n) is 2.34. The number of carbonyl (C=O) groups excluding carboxylic acids is 2. The largest absolute Gasteiger partial charge is 0.352 e. The average Bonchev–Trinajstić information content (AvgIpc) is 2.51. The molecule has 2 aromatic rings. The Kier molecular flexibility index (Phi) is 5.68. The van der Waals surface area contributed by atoms with E-state index in [9.17, 15) is 14.4 Å². The lowest BCUT2D eigenvalue weighted by molar-refractivity contribution is -0.134. The number of hydrogen-bond acceptors (Lipinski definition) is 4. The summed E-state index contributed by atoms with van der Waals surface area (Å²) in [5.41, 5.74) is 0.390. The molecule has 0 fully saturated rings. The topological polar surface area (TPSA) is 95.2 Å². The molecular formula is C17H22N4O3. The first-order chi connectivity index (χ1) is 11.4. The van der Waals surface area contributed by atoms with Gasteiger partial charge in [0, 0.05) is 25.9 Å². The molecule has 2 amide bonds. The molecule has 0 aliphatic heterocycles. The molecule has 7 nitrogen and oxygen atoms in total. The van der Waals surface area contributed by atoms with Gasteiger partial charge >= 0.3 is 0 Å². The van der Waals surface area contributed by atoms with Crippen LogP contribution in [-0.4, -0.2) is 46.3 Å². The highest BCUT2D eigenvalue weighted by Gasteiger charge is 2.14. The normalized spacial score (nSPS) is 10.8. The molecule has 1 aromatic carbocycles. The van der Waals surface area contributed by atoms with Crippen molar-refractivity contribution in [2.24, 2.45) is 0 Å². The summed E-state index contributed by atoms with van der Waals surface area (Å²) >= 11 is 0. The fourth-order valence-corrected chi connectivity index (χ4v) is 2.34. The summed E-state index contributed by atoms with van der Waals surface area (Å²) in [6.07, 6.45) is 0.488. The maximum Gasteiger partial charge on any atom is 0.258 e. The van der Waals surface area contributed by atoms with Gasteiger partial charge in [-0.2, -0.15) is 0 Å². The number of hydrogen-bond donors (Lipinski definition) is 2. The van der Waals surface area contributed by atoms with Gasteiger partial charge in [-0.1, -0.05) is 12.1 Å². The van der Waals surface area contributed by atoms with Crippen LogP contribution in [0.15, 0.2) is 29.1 Å². The number of para-hydroxylation sites is 1. The predicted octanol–water partition coefficient (Wildman–Crippen LogP) is 0.839. The number of likely N-dealkylation sites (N-methyl/N-ethyl adjacent to an activating group) is 1. The summed E-state index contributed by atoms with van der Waals surface area (Å²) in [6.45, 7) is 3.74. The minimum atomic E-state index is -0.215. The van der Waals surface area contributed by atoms with Gasteiger partial charge < -0.3 is 15.2 Å². The van der Waals surface area contributed by atoms with Crippen molar-refractivity contribution < 1.29 is 9.59 Å². The monoisotopic (exact) mass is 330 g/mol. The lowest BCUT2D eigenvalue weighted by Crippen LogP contribution is -2.40.